The van der Waals surface area contributed by atoms with Crippen molar-refractivity contribution in [2.24, 2.45) is 0 Å². The van der Waals surface area contributed by atoms with Gasteiger partial charge in [-0.15, -0.1) is 0 Å². The third kappa shape index (κ3) is 13.0. The van der Waals surface area contributed by atoms with Crippen molar-refractivity contribution in [3.63, 3.8) is 0 Å². The average Bonchev–Trinajstić information content (AvgIpc) is 2.84. The van der Waals surface area contributed by atoms with Crippen molar-refractivity contribution in [3.05, 3.63) is 35.4 Å². The van der Waals surface area contributed by atoms with E-state index in [9.17, 15) is 19.2 Å². The van der Waals surface area contributed by atoms with E-state index < -0.39 is 11.9 Å². The molecule has 0 radical (unpaired) electrons. The number of rotatable bonds is 18. The molecule has 0 aliphatic carbocycles. The second-order valence-electron chi connectivity index (χ2n) is 7.88. The van der Waals surface area contributed by atoms with E-state index in [-0.39, 0.29) is 42.7 Å². The Labute approximate surface area is 202 Å². The standard InChI is InChI=1S/C26H38O8/c1-3-5-17-31-23(27)15-9-10-16-24(28)32-19-11-12-20-34-26(30)22-14-8-7-13-21(22)25(29)33-18-6-4-2/h7-8,13-14H,3-6,9-12,15-20H2,1-2H3. The van der Waals surface area contributed by atoms with Crippen LogP contribution in [0.1, 0.15) is 98.8 Å². The van der Waals surface area contributed by atoms with Crippen LogP contribution in [0.15, 0.2) is 24.3 Å². The molecule has 1 rings (SSSR count). The molecule has 0 aliphatic rings. The zero-order valence-corrected chi connectivity index (χ0v) is 20.5. The summed E-state index contributed by atoms with van der Waals surface area (Å²) in [6.07, 6.45) is 6.28. The predicted octanol–water partition coefficient (Wildman–Crippen LogP) is 5.03. The minimum atomic E-state index is -0.590. The lowest BCUT2D eigenvalue weighted by Gasteiger charge is -2.10. The van der Waals surface area contributed by atoms with Gasteiger partial charge in [-0.05, 0) is 50.7 Å². The second kappa shape index (κ2) is 18.5. The quantitative estimate of drug-likeness (QED) is 0.164. The maximum Gasteiger partial charge on any atom is 0.339 e. The molecule has 0 aliphatic heterocycles. The second-order valence-corrected chi connectivity index (χ2v) is 7.88. The highest BCUT2D eigenvalue weighted by atomic mass is 16.5. The highest BCUT2D eigenvalue weighted by Crippen LogP contribution is 2.13. The lowest BCUT2D eigenvalue weighted by atomic mass is 10.1. The topological polar surface area (TPSA) is 105 Å². The van der Waals surface area contributed by atoms with Gasteiger partial charge in [0.2, 0.25) is 0 Å². The molecule has 0 spiro atoms. The molecule has 0 heterocycles. The summed E-state index contributed by atoms with van der Waals surface area (Å²) in [6.45, 7) is 5.16. The monoisotopic (exact) mass is 478 g/mol. The van der Waals surface area contributed by atoms with Crippen LogP contribution in [-0.2, 0) is 28.5 Å². The Morgan fingerprint density at radius 2 is 0.941 bits per heavy atom. The Kier molecular flexibility index (Phi) is 15.9. The molecule has 0 N–H and O–H groups in total. The van der Waals surface area contributed by atoms with Crippen molar-refractivity contribution in [3.8, 4) is 0 Å². The molecule has 0 atom stereocenters. The van der Waals surface area contributed by atoms with Gasteiger partial charge < -0.3 is 18.9 Å². The summed E-state index contributed by atoms with van der Waals surface area (Å²) in [5.41, 5.74) is 0.358. The Morgan fingerprint density at radius 3 is 1.38 bits per heavy atom. The number of hydrogen-bond donors (Lipinski definition) is 0. The van der Waals surface area contributed by atoms with Gasteiger partial charge in [0.25, 0.3) is 0 Å². The van der Waals surface area contributed by atoms with E-state index in [2.05, 4.69) is 0 Å². The maximum atomic E-state index is 12.4. The molecule has 0 saturated carbocycles. The fraction of sp³-hybridized carbons (Fsp3) is 0.615. The smallest absolute Gasteiger partial charge is 0.339 e. The largest absolute Gasteiger partial charge is 0.466 e. The fourth-order valence-electron chi connectivity index (χ4n) is 2.87. The van der Waals surface area contributed by atoms with Gasteiger partial charge in [0.05, 0.1) is 37.6 Å². The third-order valence-electron chi connectivity index (χ3n) is 4.91. The Bertz CT molecular complexity index is 759. The number of carbonyl (C=O) groups excluding carboxylic acids is 4. The van der Waals surface area contributed by atoms with Gasteiger partial charge in [0, 0.05) is 12.8 Å². The molecule has 1 aromatic rings. The van der Waals surface area contributed by atoms with E-state index >= 15 is 0 Å². The molecule has 34 heavy (non-hydrogen) atoms. The molecule has 0 unspecified atom stereocenters. The summed E-state index contributed by atoms with van der Waals surface area (Å²) in [7, 11) is 0. The average molecular weight is 479 g/mol. The molecule has 0 aromatic heterocycles. The number of ether oxygens (including phenoxy) is 4. The summed E-state index contributed by atoms with van der Waals surface area (Å²) < 4.78 is 20.7. The van der Waals surface area contributed by atoms with Gasteiger partial charge >= 0.3 is 23.9 Å². The SMILES string of the molecule is CCCCOC(=O)CCCCC(=O)OCCCCOC(=O)c1ccccc1C(=O)OCCCC. The van der Waals surface area contributed by atoms with E-state index in [1.807, 2.05) is 13.8 Å². The number of benzene rings is 1. The summed E-state index contributed by atoms with van der Waals surface area (Å²) in [4.78, 5) is 47.8. The van der Waals surface area contributed by atoms with Crippen LogP contribution in [0.4, 0.5) is 0 Å². The van der Waals surface area contributed by atoms with Gasteiger partial charge in [-0.3, -0.25) is 9.59 Å². The summed E-state index contributed by atoms with van der Waals surface area (Å²) in [5, 5.41) is 0. The first kappa shape index (κ1) is 29.1. The Hall–Kier alpha value is -2.90. The van der Waals surface area contributed by atoms with Crippen LogP contribution in [0.25, 0.3) is 0 Å². The van der Waals surface area contributed by atoms with Crippen LogP contribution in [0.2, 0.25) is 0 Å². The molecule has 1 aromatic carbocycles. The van der Waals surface area contributed by atoms with Crippen LogP contribution in [-0.4, -0.2) is 50.3 Å². The molecule has 0 saturated heterocycles. The number of unbranched alkanes of at least 4 members (excludes halogenated alkanes) is 4. The minimum Gasteiger partial charge on any atom is -0.466 e. The molecular weight excluding hydrogens is 440 g/mol. The van der Waals surface area contributed by atoms with Crippen LogP contribution < -0.4 is 0 Å². The van der Waals surface area contributed by atoms with Crippen molar-refractivity contribution >= 4 is 23.9 Å². The van der Waals surface area contributed by atoms with Crippen LogP contribution >= 0.6 is 0 Å². The lowest BCUT2D eigenvalue weighted by molar-refractivity contribution is -0.146. The molecule has 0 amide bonds. The summed E-state index contributed by atoms with van der Waals surface area (Å²) in [6, 6.07) is 6.40. The van der Waals surface area contributed by atoms with Crippen LogP contribution in [0, 0.1) is 0 Å². The Morgan fingerprint density at radius 1 is 0.559 bits per heavy atom. The van der Waals surface area contributed by atoms with E-state index in [1.54, 1.807) is 18.2 Å². The molecule has 8 nitrogen and oxygen atoms in total. The fourth-order valence-corrected chi connectivity index (χ4v) is 2.87. The molecule has 8 heteroatoms. The first-order valence-corrected chi connectivity index (χ1v) is 12.2. The van der Waals surface area contributed by atoms with Crippen LogP contribution in [0.5, 0.6) is 0 Å². The van der Waals surface area contributed by atoms with Crippen molar-refractivity contribution in [2.45, 2.75) is 78.1 Å². The van der Waals surface area contributed by atoms with Gasteiger partial charge in [-0.2, -0.15) is 0 Å². The maximum absolute atomic E-state index is 12.4. The van der Waals surface area contributed by atoms with Gasteiger partial charge in [-0.1, -0.05) is 38.8 Å². The first-order valence-electron chi connectivity index (χ1n) is 12.2. The molecular formula is C26H38O8. The number of carbonyl (C=O) groups is 4. The third-order valence-corrected chi connectivity index (χ3v) is 4.91. The van der Waals surface area contributed by atoms with Crippen molar-refractivity contribution in [2.75, 3.05) is 26.4 Å². The normalized spacial score (nSPS) is 10.4. The predicted molar refractivity (Wildman–Crippen MR) is 126 cm³/mol. The highest BCUT2D eigenvalue weighted by Gasteiger charge is 2.18. The van der Waals surface area contributed by atoms with Gasteiger partial charge in [-0.25, -0.2) is 9.59 Å². The van der Waals surface area contributed by atoms with E-state index in [4.69, 9.17) is 18.9 Å². The summed E-state index contributed by atoms with van der Waals surface area (Å²) in [5.74, 6) is -1.67. The molecule has 0 fully saturated rings. The van der Waals surface area contributed by atoms with E-state index in [1.165, 1.54) is 6.07 Å². The number of esters is 4. The Balaban J connectivity index is 2.17. The zero-order valence-electron chi connectivity index (χ0n) is 20.5. The zero-order chi connectivity index (χ0) is 25.0. The van der Waals surface area contributed by atoms with E-state index in [0.29, 0.717) is 45.3 Å². The van der Waals surface area contributed by atoms with Crippen molar-refractivity contribution < 1.29 is 38.1 Å². The first-order chi connectivity index (χ1) is 16.5. The van der Waals surface area contributed by atoms with Crippen molar-refractivity contribution in [1.82, 2.24) is 0 Å². The molecule has 190 valence electrons. The highest BCUT2D eigenvalue weighted by molar-refractivity contribution is 6.03. The number of hydrogen-bond acceptors (Lipinski definition) is 8. The minimum absolute atomic E-state index is 0.149. The molecule has 0 bridgehead atoms. The van der Waals surface area contributed by atoms with Gasteiger partial charge in [0.15, 0.2) is 0 Å². The van der Waals surface area contributed by atoms with Crippen LogP contribution in [0.3, 0.4) is 0 Å². The van der Waals surface area contributed by atoms with E-state index in [0.717, 1.165) is 25.7 Å². The van der Waals surface area contributed by atoms with Gasteiger partial charge in [0.1, 0.15) is 0 Å². The summed E-state index contributed by atoms with van der Waals surface area (Å²) >= 11 is 0. The lowest BCUT2D eigenvalue weighted by Crippen LogP contribution is -2.15. The van der Waals surface area contributed by atoms with Crippen molar-refractivity contribution in [1.29, 1.82) is 0 Å².